The largest absolute Gasteiger partial charge is 0.394 e. The number of nitrogen functional groups attached to an aromatic ring is 1. The van der Waals surface area contributed by atoms with Crippen molar-refractivity contribution in [3.63, 3.8) is 0 Å². The molecule has 5 rings (SSSR count). The summed E-state index contributed by atoms with van der Waals surface area (Å²) in [4.78, 5) is 22.7. The zero-order valence-corrected chi connectivity index (χ0v) is 18.2. The van der Waals surface area contributed by atoms with Gasteiger partial charge in [-0.05, 0) is 37.0 Å². The first-order valence-corrected chi connectivity index (χ1v) is 10.8. The van der Waals surface area contributed by atoms with Gasteiger partial charge in [0.2, 0.25) is 5.95 Å². The van der Waals surface area contributed by atoms with Gasteiger partial charge in [-0.15, -0.1) is 0 Å². The van der Waals surface area contributed by atoms with E-state index in [-0.39, 0.29) is 5.95 Å². The fourth-order valence-corrected chi connectivity index (χ4v) is 4.17. The van der Waals surface area contributed by atoms with Crippen LogP contribution in [-0.2, 0) is 11.2 Å². The van der Waals surface area contributed by atoms with E-state index in [0.717, 1.165) is 29.3 Å². The Morgan fingerprint density at radius 2 is 1.94 bits per heavy atom. The molecule has 0 bridgehead atoms. The van der Waals surface area contributed by atoms with Crippen LogP contribution in [0.5, 0.6) is 0 Å². The van der Waals surface area contributed by atoms with Crippen LogP contribution in [0.25, 0.3) is 0 Å². The molecule has 3 aromatic rings. The molecule has 2 aliphatic rings. The molecule has 1 aromatic carbocycles. The number of nitriles is 1. The highest BCUT2D eigenvalue weighted by molar-refractivity contribution is 5.33. The highest BCUT2D eigenvalue weighted by atomic mass is 16.6. The van der Waals surface area contributed by atoms with Crippen molar-refractivity contribution >= 4 is 5.95 Å². The number of rotatable bonds is 3. The Balaban J connectivity index is 0.000000161. The monoisotopic (exact) mass is 467 g/mol. The second kappa shape index (κ2) is 10.1. The summed E-state index contributed by atoms with van der Waals surface area (Å²) in [6, 6.07) is 10.4. The van der Waals surface area contributed by atoms with Crippen LogP contribution in [0.15, 0.2) is 47.9 Å². The topological polar surface area (TPSA) is 185 Å². The van der Waals surface area contributed by atoms with E-state index in [1.165, 1.54) is 17.7 Å². The maximum atomic E-state index is 11.5. The molecule has 1 saturated heterocycles. The molecule has 34 heavy (non-hydrogen) atoms. The van der Waals surface area contributed by atoms with E-state index in [0.29, 0.717) is 6.04 Å². The van der Waals surface area contributed by atoms with Crippen LogP contribution in [0.4, 0.5) is 5.95 Å². The molecular weight excluding hydrogens is 442 g/mol. The molecule has 0 aliphatic carbocycles. The predicted molar refractivity (Wildman–Crippen MR) is 118 cm³/mol. The van der Waals surface area contributed by atoms with Gasteiger partial charge in [-0.3, -0.25) is 4.57 Å². The first kappa shape index (κ1) is 23.5. The van der Waals surface area contributed by atoms with E-state index in [9.17, 15) is 15.0 Å². The minimum atomic E-state index is -1.35. The molecule has 4 heterocycles. The van der Waals surface area contributed by atoms with Gasteiger partial charge in [0.05, 0.1) is 30.6 Å². The molecule has 12 heteroatoms. The minimum Gasteiger partial charge on any atom is -0.394 e. The molecule has 0 spiro atoms. The van der Waals surface area contributed by atoms with E-state index in [2.05, 4.69) is 37.7 Å². The minimum absolute atomic E-state index is 0.196. The fourth-order valence-electron chi connectivity index (χ4n) is 4.17. The number of imidazole rings is 1. The third-order valence-corrected chi connectivity index (χ3v) is 5.95. The molecule has 0 amide bonds. The second-order valence-electron chi connectivity index (χ2n) is 8.07. The molecular formula is C22H25N7O5. The van der Waals surface area contributed by atoms with Crippen LogP contribution in [-0.4, -0.2) is 64.3 Å². The smallest absolute Gasteiger partial charge is 0.354 e. The summed E-state index contributed by atoms with van der Waals surface area (Å²) in [6.45, 7) is -0.473. The van der Waals surface area contributed by atoms with Gasteiger partial charge in [-0.2, -0.15) is 10.2 Å². The Bertz CT molecular complexity index is 1220. The first-order chi connectivity index (χ1) is 16.4. The van der Waals surface area contributed by atoms with Crippen molar-refractivity contribution in [1.29, 1.82) is 5.26 Å². The summed E-state index contributed by atoms with van der Waals surface area (Å²) >= 11 is 0. The van der Waals surface area contributed by atoms with Crippen LogP contribution in [0.2, 0.25) is 0 Å². The number of benzene rings is 1. The summed E-state index contributed by atoms with van der Waals surface area (Å²) in [6.07, 6.45) is 3.66. The van der Waals surface area contributed by atoms with Crippen molar-refractivity contribution in [3.05, 3.63) is 70.4 Å². The normalized spacial score (nSPS) is 25.6. The zero-order valence-electron chi connectivity index (χ0n) is 18.2. The fraction of sp³-hybridized carbons (Fsp3) is 0.409. The molecule has 2 aliphatic heterocycles. The summed E-state index contributed by atoms with van der Waals surface area (Å²) in [7, 11) is 0. The van der Waals surface area contributed by atoms with E-state index >= 15 is 0 Å². The van der Waals surface area contributed by atoms with Gasteiger partial charge in [-0.25, -0.2) is 14.8 Å². The zero-order chi connectivity index (χ0) is 24.2. The molecule has 1 fully saturated rings. The molecule has 178 valence electrons. The van der Waals surface area contributed by atoms with Crippen molar-refractivity contribution in [2.75, 3.05) is 12.3 Å². The number of nitrogens with zero attached hydrogens (tertiary/aromatic N) is 6. The molecule has 0 radical (unpaired) electrons. The lowest BCUT2D eigenvalue weighted by Gasteiger charge is -2.25. The SMILES string of the molecule is N#Cc1ccc(C2CCCc3cncn32)cc1.Nc1ncn([C@@H]2O[C@H](CO)[C@@H](O)[C@@H]2O)c(=O)n1. The number of hydrogen-bond acceptors (Lipinski definition) is 10. The lowest BCUT2D eigenvalue weighted by atomic mass is 9.96. The van der Waals surface area contributed by atoms with Crippen molar-refractivity contribution in [1.82, 2.24) is 24.1 Å². The average Bonchev–Trinajstić information content (AvgIpc) is 3.44. The van der Waals surface area contributed by atoms with Gasteiger partial charge in [0, 0.05) is 11.9 Å². The van der Waals surface area contributed by atoms with E-state index in [1.54, 1.807) is 0 Å². The Morgan fingerprint density at radius 1 is 1.18 bits per heavy atom. The quantitative estimate of drug-likeness (QED) is 0.392. The van der Waals surface area contributed by atoms with Crippen LogP contribution < -0.4 is 11.4 Å². The van der Waals surface area contributed by atoms with Crippen LogP contribution in [0.3, 0.4) is 0 Å². The van der Waals surface area contributed by atoms with Gasteiger partial charge in [-0.1, -0.05) is 12.1 Å². The summed E-state index contributed by atoms with van der Waals surface area (Å²) < 4.78 is 8.29. The van der Waals surface area contributed by atoms with Crippen molar-refractivity contribution in [2.24, 2.45) is 0 Å². The number of hydrogen-bond donors (Lipinski definition) is 4. The first-order valence-electron chi connectivity index (χ1n) is 10.8. The Hall–Kier alpha value is -3.63. The summed E-state index contributed by atoms with van der Waals surface area (Å²) in [5, 5.41) is 36.9. The van der Waals surface area contributed by atoms with E-state index < -0.39 is 36.8 Å². The molecule has 12 nitrogen and oxygen atoms in total. The van der Waals surface area contributed by atoms with Gasteiger partial charge < -0.3 is 30.4 Å². The van der Waals surface area contributed by atoms with Crippen molar-refractivity contribution in [2.45, 2.75) is 49.8 Å². The maximum absolute atomic E-state index is 11.5. The standard InChI is InChI=1S/C14H13N3.C8H12N4O5/c15-8-11-4-6-12(7-5-11)14-3-1-2-13-9-16-10-17(13)14;9-7-10-2-12(8(16)11-7)6-5(15)4(14)3(1-13)17-6/h4-7,9-10,14H,1-3H2;2-6,13-15H,1H2,(H2,9,11,16)/t;3-,4-,5+,6-/m.1/s1. The van der Waals surface area contributed by atoms with Crippen molar-refractivity contribution in [3.8, 4) is 6.07 Å². The summed E-state index contributed by atoms with van der Waals surface area (Å²) in [5.74, 6) is -0.196. The van der Waals surface area contributed by atoms with Gasteiger partial charge in [0.1, 0.15) is 24.6 Å². The third kappa shape index (κ3) is 4.68. The number of aryl methyl sites for hydroxylation is 1. The summed E-state index contributed by atoms with van der Waals surface area (Å²) in [5.41, 5.74) is 7.75. The van der Waals surface area contributed by atoms with Gasteiger partial charge >= 0.3 is 5.69 Å². The number of aliphatic hydroxyl groups is 3. The molecule has 5 atom stereocenters. The predicted octanol–water partition coefficient (Wildman–Crippen LogP) is -0.488. The van der Waals surface area contributed by atoms with Gasteiger partial charge in [0.25, 0.3) is 0 Å². The molecule has 0 saturated carbocycles. The second-order valence-corrected chi connectivity index (χ2v) is 8.07. The molecule has 1 unspecified atom stereocenters. The Labute approximate surface area is 194 Å². The highest BCUT2D eigenvalue weighted by Gasteiger charge is 2.43. The number of aliphatic hydroxyl groups excluding tert-OH is 3. The maximum Gasteiger partial charge on any atom is 0.354 e. The van der Waals surface area contributed by atoms with E-state index in [4.69, 9.17) is 20.8 Å². The number of nitrogens with two attached hydrogens (primary N) is 1. The highest BCUT2D eigenvalue weighted by Crippen LogP contribution is 2.30. The van der Waals surface area contributed by atoms with Crippen LogP contribution in [0, 0.1) is 11.3 Å². The molecule has 5 N–H and O–H groups in total. The number of fused-ring (bicyclic) bond motifs is 1. The lowest BCUT2D eigenvalue weighted by molar-refractivity contribution is -0.0554. The van der Waals surface area contributed by atoms with Crippen LogP contribution in [0.1, 0.15) is 41.9 Å². The van der Waals surface area contributed by atoms with E-state index in [1.807, 2.05) is 24.7 Å². The van der Waals surface area contributed by atoms with Crippen molar-refractivity contribution < 1.29 is 20.1 Å². The van der Waals surface area contributed by atoms with Gasteiger partial charge in [0.15, 0.2) is 6.23 Å². The number of anilines is 1. The molecule has 2 aromatic heterocycles. The number of aromatic nitrogens is 5. The van der Waals surface area contributed by atoms with Crippen LogP contribution >= 0.6 is 0 Å². The number of ether oxygens (including phenoxy) is 1. The third-order valence-electron chi connectivity index (χ3n) is 5.95. The Kier molecular flexibility index (Phi) is 6.99. The Morgan fingerprint density at radius 3 is 2.59 bits per heavy atom. The average molecular weight is 467 g/mol. The lowest BCUT2D eigenvalue weighted by Crippen LogP contribution is -2.36.